The fourth-order valence-electron chi connectivity index (χ4n) is 2.41. The van der Waals surface area contributed by atoms with Crippen LogP contribution < -0.4 is 14.8 Å². The Kier molecular flexibility index (Phi) is 7.62. The van der Waals surface area contributed by atoms with Gasteiger partial charge in [-0.1, -0.05) is 6.92 Å². The third-order valence-electron chi connectivity index (χ3n) is 3.68. The van der Waals surface area contributed by atoms with Gasteiger partial charge in [-0.05, 0) is 57.0 Å². The zero-order chi connectivity index (χ0) is 15.3. The molecule has 1 saturated heterocycles. The maximum Gasteiger partial charge on any atom is 0.240 e. The second-order valence-corrected chi connectivity index (χ2v) is 7.15. The first-order valence-electron chi connectivity index (χ1n) is 7.51. The lowest BCUT2D eigenvalue weighted by Gasteiger charge is -2.30. The van der Waals surface area contributed by atoms with Gasteiger partial charge in [0.15, 0.2) is 0 Å². The lowest BCUT2D eigenvalue weighted by molar-refractivity contribution is 0.317. The van der Waals surface area contributed by atoms with E-state index in [9.17, 15) is 8.42 Å². The van der Waals surface area contributed by atoms with Crippen LogP contribution in [0, 0.1) is 0 Å². The van der Waals surface area contributed by atoms with Gasteiger partial charge in [0.1, 0.15) is 5.75 Å². The summed E-state index contributed by atoms with van der Waals surface area (Å²) >= 11 is 0. The maximum absolute atomic E-state index is 12.4. The highest BCUT2D eigenvalue weighted by molar-refractivity contribution is 7.89. The van der Waals surface area contributed by atoms with Gasteiger partial charge in [-0.15, -0.1) is 12.4 Å². The third-order valence-corrected chi connectivity index (χ3v) is 5.18. The van der Waals surface area contributed by atoms with Crippen LogP contribution in [0.4, 0.5) is 0 Å². The fourth-order valence-corrected chi connectivity index (χ4v) is 3.76. The molecule has 126 valence electrons. The summed E-state index contributed by atoms with van der Waals surface area (Å²) in [6, 6.07) is 6.68. The van der Waals surface area contributed by atoms with Crippen molar-refractivity contribution in [3.05, 3.63) is 24.3 Å². The van der Waals surface area contributed by atoms with Crippen molar-refractivity contribution in [3.63, 3.8) is 0 Å². The molecule has 1 aliphatic heterocycles. The van der Waals surface area contributed by atoms with Gasteiger partial charge in [-0.3, -0.25) is 0 Å². The SMILES string of the molecule is CCCOc1ccc(S(=O)(=O)NC2CCCNC2C)cc1.Cl. The molecule has 5 nitrogen and oxygen atoms in total. The van der Waals surface area contributed by atoms with E-state index in [1.54, 1.807) is 24.3 Å². The molecule has 0 saturated carbocycles. The van der Waals surface area contributed by atoms with E-state index in [1.807, 2.05) is 13.8 Å². The highest BCUT2D eigenvalue weighted by Crippen LogP contribution is 2.18. The van der Waals surface area contributed by atoms with Crippen molar-refractivity contribution in [2.24, 2.45) is 0 Å². The van der Waals surface area contributed by atoms with E-state index in [-0.39, 0.29) is 29.4 Å². The minimum atomic E-state index is -3.48. The number of hydrogen-bond donors (Lipinski definition) is 2. The Hall–Kier alpha value is -0.820. The molecular formula is C15H25ClN2O3S. The summed E-state index contributed by atoms with van der Waals surface area (Å²) in [5, 5.41) is 3.29. The number of ether oxygens (including phenoxy) is 1. The number of piperidine rings is 1. The molecule has 0 spiro atoms. The fraction of sp³-hybridized carbons (Fsp3) is 0.600. The molecular weight excluding hydrogens is 324 g/mol. The Morgan fingerprint density at radius 3 is 2.59 bits per heavy atom. The predicted octanol–water partition coefficient (Wildman–Crippen LogP) is 2.32. The monoisotopic (exact) mass is 348 g/mol. The summed E-state index contributed by atoms with van der Waals surface area (Å²) in [6.45, 7) is 5.62. The van der Waals surface area contributed by atoms with Crippen molar-refractivity contribution in [2.75, 3.05) is 13.2 Å². The Morgan fingerprint density at radius 2 is 2.00 bits per heavy atom. The molecule has 22 heavy (non-hydrogen) atoms. The highest BCUT2D eigenvalue weighted by atomic mass is 35.5. The van der Waals surface area contributed by atoms with E-state index in [0.717, 1.165) is 25.8 Å². The molecule has 1 aliphatic rings. The average molecular weight is 349 g/mol. The van der Waals surface area contributed by atoms with Gasteiger partial charge in [-0.2, -0.15) is 0 Å². The van der Waals surface area contributed by atoms with Crippen LogP contribution in [0.3, 0.4) is 0 Å². The zero-order valence-electron chi connectivity index (χ0n) is 13.0. The van der Waals surface area contributed by atoms with E-state index in [4.69, 9.17) is 4.74 Å². The van der Waals surface area contributed by atoms with Crippen LogP contribution in [0.5, 0.6) is 5.75 Å². The second-order valence-electron chi connectivity index (χ2n) is 5.43. The Bertz CT molecular complexity index is 548. The van der Waals surface area contributed by atoms with Crippen LogP contribution in [-0.2, 0) is 10.0 Å². The average Bonchev–Trinajstić information content (AvgIpc) is 2.48. The van der Waals surface area contributed by atoms with Crippen LogP contribution >= 0.6 is 12.4 Å². The van der Waals surface area contributed by atoms with Crippen LogP contribution in [0.1, 0.15) is 33.1 Å². The largest absolute Gasteiger partial charge is 0.494 e. The number of hydrogen-bond acceptors (Lipinski definition) is 4. The van der Waals surface area contributed by atoms with Gasteiger partial charge in [0, 0.05) is 12.1 Å². The highest BCUT2D eigenvalue weighted by Gasteiger charge is 2.26. The van der Waals surface area contributed by atoms with E-state index in [2.05, 4.69) is 10.0 Å². The van der Waals surface area contributed by atoms with Crippen LogP contribution in [0.15, 0.2) is 29.2 Å². The molecule has 1 aromatic rings. The number of sulfonamides is 1. The molecule has 0 aliphatic carbocycles. The van der Waals surface area contributed by atoms with Gasteiger partial charge in [-0.25, -0.2) is 13.1 Å². The summed E-state index contributed by atoms with van der Waals surface area (Å²) in [5.41, 5.74) is 0. The Morgan fingerprint density at radius 1 is 1.32 bits per heavy atom. The van der Waals surface area contributed by atoms with Crippen LogP contribution in [-0.4, -0.2) is 33.7 Å². The third kappa shape index (κ3) is 5.12. The first kappa shape index (κ1) is 19.2. The molecule has 7 heteroatoms. The molecule has 0 radical (unpaired) electrons. The summed E-state index contributed by atoms with van der Waals surface area (Å²) in [5.74, 6) is 0.698. The number of halogens is 1. The van der Waals surface area contributed by atoms with Crippen molar-refractivity contribution in [1.82, 2.24) is 10.0 Å². The van der Waals surface area contributed by atoms with Gasteiger partial charge in [0.2, 0.25) is 10.0 Å². The maximum atomic E-state index is 12.4. The smallest absolute Gasteiger partial charge is 0.240 e. The van der Waals surface area contributed by atoms with Crippen molar-refractivity contribution >= 4 is 22.4 Å². The van der Waals surface area contributed by atoms with E-state index < -0.39 is 10.0 Å². The van der Waals surface area contributed by atoms with E-state index in [0.29, 0.717) is 12.4 Å². The quantitative estimate of drug-likeness (QED) is 0.828. The standard InChI is InChI=1S/C15H24N2O3S.ClH/c1-3-11-20-13-6-8-14(9-7-13)21(18,19)17-15-5-4-10-16-12(15)2;/h6-9,12,15-17H,3-5,10-11H2,1-2H3;1H. The van der Waals surface area contributed by atoms with Crippen LogP contribution in [0.25, 0.3) is 0 Å². The van der Waals surface area contributed by atoms with Gasteiger partial charge >= 0.3 is 0 Å². The predicted molar refractivity (Wildman–Crippen MR) is 90.3 cm³/mol. The Labute approximate surface area is 139 Å². The van der Waals surface area contributed by atoms with Crippen molar-refractivity contribution < 1.29 is 13.2 Å². The molecule has 1 heterocycles. The number of benzene rings is 1. The van der Waals surface area contributed by atoms with Crippen LogP contribution in [0.2, 0.25) is 0 Å². The van der Waals surface area contributed by atoms with Gasteiger partial charge < -0.3 is 10.1 Å². The normalized spacial score (nSPS) is 21.9. The lowest BCUT2D eigenvalue weighted by atomic mass is 10.0. The molecule has 2 atom stereocenters. The van der Waals surface area contributed by atoms with E-state index in [1.165, 1.54) is 0 Å². The first-order chi connectivity index (χ1) is 10.0. The Balaban J connectivity index is 0.00000242. The lowest BCUT2D eigenvalue weighted by Crippen LogP contribution is -2.51. The summed E-state index contributed by atoms with van der Waals surface area (Å²) in [6.07, 6.45) is 2.78. The van der Waals surface area contributed by atoms with Gasteiger partial charge in [0.05, 0.1) is 11.5 Å². The number of rotatable bonds is 6. The van der Waals surface area contributed by atoms with Crippen molar-refractivity contribution in [3.8, 4) is 5.75 Å². The zero-order valence-corrected chi connectivity index (χ0v) is 14.7. The van der Waals surface area contributed by atoms with E-state index >= 15 is 0 Å². The molecule has 2 unspecified atom stereocenters. The van der Waals surface area contributed by atoms with Crippen molar-refractivity contribution in [2.45, 2.75) is 50.1 Å². The molecule has 0 aromatic heterocycles. The summed E-state index contributed by atoms with van der Waals surface area (Å²) in [7, 11) is -3.48. The summed E-state index contributed by atoms with van der Waals surface area (Å²) in [4.78, 5) is 0.282. The molecule has 0 amide bonds. The summed E-state index contributed by atoms with van der Waals surface area (Å²) < 4.78 is 33.0. The molecule has 2 rings (SSSR count). The number of nitrogens with one attached hydrogen (secondary N) is 2. The topological polar surface area (TPSA) is 67.4 Å². The van der Waals surface area contributed by atoms with Crippen molar-refractivity contribution in [1.29, 1.82) is 0 Å². The minimum absolute atomic E-state index is 0. The molecule has 1 fully saturated rings. The molecule has 1 aromatic carbocycles. The first-order valence-corrected chi connectivity index (χ1v) is 9.00. The second kappa shape index (κ2) is 8.72. The molecule has 2 N–H and O–H groups in total. The van der Waals surface area contributed by atoms with Gasteiger partial charge in [0.25, 0.3) is 0 Å². The minimum Gasteiger partial charge on any atom is -0.494 e. The molecule has 0 bridgehead atoms.